The number of carbonyl (C=O) groups is 1. The minimum absolute atomic E-state index is 0.00247. The maximum absolute atomic E-state index is 13.1. The van der Waals surface area contributed by atoms with E-state index in [1.165, 1.54) is 69.8 Å². The molecule has 1 heterocycles. The van der Waals surface area contributed by atoms with Crippen LogP contribution in [0, 0.1) is 0 Å². The summed E-state index contributed by atoms with van der Waals surface area (Å²) in [7, 11) is 0. The number of nitrogens with zero attached hydrogens (tertiary/aromatic N) is 2. The summed E-state index contributed by atoms with van der Waals surface area (Å²) in [6.45, 7) is 11.1. The average molecular weight is 483 g/mol. The summed E-state index contributed by atoms with van der Waals surface area (Å²) in [4.78, 5) is 18.5. The van der Waals surface area contributed by atoms with Crippen molar-refractivity contribution in [3.63, 3.8) is 0 Å². The molecule has 0 atom stereocenters. The standard InChI is InChI=1S/C31H50N2O2/c1-30(2)22-28(23-31(3,4)33(30)24-25-14-8-5-9-15-25)35-29(34)20-21-32(26-16-10-6-11-17-26)27-18-12-7-13-19-27/h5,8-9,14-15,26-28H,6-7,10-13,16-24H2,1-4H3. The number of carbonyl (C=O) groups excluding carboxylic acids is 1. The lowest BCUT2D eigenvalue weighted by atomic mass is 9.77. The number of ether oxygens (including phenoxy) is 1. The lowest BCUT2D eigenvalue weighted by Gasteiger charge is -2.55. The van der Waals surface area contributed by atoms with E-state index in [1.54, 1.807) is 0 Å². The molecule has 196 valence electrons. The van der Waals surface area contributed by atoms with Crippen molar-refractivity contribution in [3.05, 3.63) is 35.9 Å². The second-order valence-corrected chi connectivity index (χ2v) is 12.8. The molecule has 4 nitrogen and oxygen atoms in total. The van der Waals surface area contributed by atoms with Crippen molar-refractivity contribution in [3.8, 4) is 0 Å². The number of hydrogen-bond donors (Lipinski definition) is 0. The topological polar surface area (TPSA) is 32.8 Å². The SMILES string of the molecule is CC1(C)CC(OC(=O)CCN(C2CCCCC2)C2CCCCC2)CC(C)(C)N1Cc1ccccc1. The van der Waals surface area contributed by atoms with Crippen LogP contribution in [0.25, 0.3) is 0 Å². The summed E-state index contributed by atoms with van der Waals surface area (Å²) in [5.41, 5.74) is 1.28. The summed E-state index contributed by atoms with van der Waals surface area (Å²) in [5, 5.41) is 0. The van der Waals surface area contributed by atoms with Gasteiger partial charge in [-0.2, -0.15) is 0 Å². The summed E-state index contributed by atoms with van der Waals surface area (Å²) in [6.07, 6.45) is 15.7. The van der Waals surface area contributed by atoms with E-state index in [9.17, 15) is 4.79 Å². The number of hydrogen-bond acceptors (Lipinski definition) is 4. The Morgan fingerprint density at radius 2 is 1.37 bits per heavy atom. The molecule has 0 radical (unpaired) electrons. The predicted octanol–water partition coefficient (Wildman–Crippen LogP) is 7.11. The van der Waals surface area contributed by atoms with Gasteiger partial charge in [-0.05, 0) is 58.9 Å². The van der Waals surface area contributed by atoms with E-state index in [1.807, 2.05) is 0 Å². The fraction of sp³-hybridized carbons (Fsp3) is 0.774. The van der Waals surface area contributed by atoms with Crippen LogP contribution in [0.5, 0.6) is 0 Å². The number of piperidine rings is 1. The Labute approximate surface area is 214 Å². The highest BCUT2D eigenvalue weighted by atomic mass is 16.5. The molecule has 2 aliphatic carbocycles. The molecule has 3 fully saturated rings. The maximum atomic E-state index is 13.1. The summed E-state index contributed by atoms with van der Waals surface area (Å²) in [6, 6.07) is 12.1. The van der Waals surface area contributed by atoms with Crippen molar-refractivity contribution in [1.82, 2.24) is 9.80 Å². The van der Waals surface area contributed by atoms with Gasteiger partial charge in [0, 0.05) is 49.1 Å². The molecule has 3 aliphatic rings. The van der Waals surface area contributed by atoms with Gasteiger partial charge in [0.1, 0.15) is 6.10 Å². The van der Waals surface area contributed by atoms with Gasteiger partial charge in [0.25, 0.3) is 0 Å². The van der Waals surface area contributed by atoms with Crippen molar-refractivity contribution in [2.45, 2.75) is 147 Å². The molecule has 0 amide bonds. The summed E-state index contributed by atoms with van der Waals surface area (Å²) >= 11 is 0. The third-order valence-corrected chi connectivity index (χ3v) is 9.06. The van der Waals surface area contributed by atoms with Crippen molar-refractivity contribution in [2.24, 2.45) is 0 Å². The molecule has 0 spiro atoms. The molecular formula is C31H50N2O2. The number of rotatable bonds is 8. The first-order chi connectivity index (χ1) is 16.7. The van der Waals surface area contributed by atoms with Gasteiger partial charge in [-0.1, -0.05) is 68.9 Å². The summed E-state index contributed by atoms with van der Waals surface area (Å²) in [5.74, 6) is 0.00901. The first-order valence-corrected chi connectivity index (χ1v) is 14.5. The molecule has 4 rings (SSSR count). The number of esters is 1. The van der Waals surface area contributed by atoms with E-state index in [0.29, 0.717) is 18.5 Å². The lowest BCUT2D eigenvalue weighted by molar-refractivity contribution is -0.161. The van der Waals surface area contributed by atoms with Crippen LogP contribution in [-0.2, 0) is 16.1 Å². The molecule has 1 saturated heterocycles. The molecular weight excluding hydrogens is 432 g/mol. The van der Waals surface area contributed by atoms with Gasteiger partial charge in [0.15, 0.2) is 0 Å². The molecule has 0 bridgehead atoms. The molecule has 35 heavy (non-hydrogen) atoms. The third-order valence-electron chi connectivity index (χ3n) is 9.06. The minimum Gasteiger partial charge on any atom is -0.462 e. The first-order valence-electron chi connectivity index (χ1n) is 14.5. The summed E-state index contributed by atoms with van der Waals surface area (Å²) < 4.78 is 6.19. The Morgan fingerprint density at radius 3 is 1.89 bits per heavy atom. The molecule has 2 saturated carbocycles. The van der Waals surface area contributed by atoms with Crippen molar-refractivity contribution < 1.29 is 9.53 Å². The van der Waals surface area contributed by atoms with Gasteiger partial charge in [0.05, 0.1) is 6.42 Å². The zero-order valence-corrected chi connectivity index (χ0v) is 22.9. The van der Waals surface area contributed by atoms with Crippen LogP contribution in [0.2, 0.25) is 0 Å². The Kier molecular flexibility index (Phi) is 8.97. The zero-order valence-electron chi connectivity index (χ0n) is 22.9. The first kappa shape index (κ1) is 26.7. The van der Waals surface area contributed by atoms with Gasteiger partial charge < -0.3 is 4.74 Å². The molecule has 1 aromatic rings. The van der Waals surface area contributed by atoms with Crippen LogP contribution >= 0.6 is 0 Å². The highest BCUT2D eigenvalue weighted by Crippen LogP contribution is 2.41. The van der Waals surface area contributed by atoms with Crippen molar-refractivity contribution in [1.29, 1.82) is 0 Å². The Morgan fingerprint density at radius 1 is 0.857 bits per heavy atom. The maximum Gasteiger partial charge on any atom is 0.307 e. The number of likely N-dealkylation sites (tertiary alicyclic amines) is 1. The van der Waals surface area contributed by atoms with E-state index in [0.717, 1.165) is 25.9 Å². The van der Waals surface area contributed by atoms with Crippen LogP contribution in [0.15, 0.2) is 30.3 Å². The fourth-order valence-electron chi connectivity index (χ4n) is 7.46. The van der Waals surface area contributed by atoms with Gasteiger partial charge in [-0.3, -0.25) is 14.6 Å². The molecule has 0 unspecified atom stereocenters. The molecule has 0 aromatic heterocycles. The highest BCUT2D eigenvalue weighted by molar-refractivity contribution is 5.69. The normalized spacial score (nSPS) is 24.5. The quantitative estimate of drug-likeness (QED) is 0.370. The van der Waals surface area contributed by atoms with E-state index >= 15 is 0 Å². The lowest BCUT2D eigenvalue weighted by Crippen LogP contribution is -2.61. The zero-order chi connectivity index (χ0) is 24.9. The van der Waals surface area contributed by atoms with Gasteiger partial charge in [-0.25, -0.2) is 0 Å². The van der Waals surface area contributed by atoms with E-state index in [4.69, 9.17) is 4.74 Å². The van der Waals surface area contributed by atoms with Gasteiger partial charge in [0.2, 0.25) is 0 Å². The van der Waals surface area contributed by atoms with Crippen LogP contribution < -0.4 is 0 Å². The smallest absolute Gasteiger partial charge is 0.307 e. The molecule has 1 aliphatic heterocycles. The van der Waals surface area contributed by atoms with E-state index in [2.05, 4.69) is 67.8 Å². The number of benzene rings is 1. The van der Waals surface area contributed by atoms with Crippen LogP contribution in [0.4, 0.5) is 0 Å². The fourth-order valence-corrected chi connectivity index (χ4v) is 7.46. The Bertz CT molecular complexity index is 757. The average Bonchev–Trinajstić information content (AvgIpc) is 2.83. The molecule has 1 aromatic carbocycles. The van der Waals surface area contributed by atoms with Gasteiger partial charge in [-0.15, -0.1) is 0 Å². The van der Waals surface area contributed by atoms with Crippen LogP contribution in [0.3, 0.4) is 0 Å². The predicted molar refractivity (Wildman–Crippen MR) is 144 cm³/mol. The van der Waals surface area contributed by atoms with Crippen LogP contribution in [-0.4, -0.2) is 51.6 Å². The van der Waals surface area contributed by atoms with E-state index in [-0.39, 0.29) is 23.2 Å². The van der Waals surface area contributed by atoms with Crippen molar-refractivity contribution in [2.75, 3.05) is 6.54 Å². The highest BCUT2D eigenvalue weighted by Gasteiger charge is 2.46. The van der Waals surface area contributed by atoms with Crippen LogP contribution in [0.1, 0.15) is 117 Å². The Balaban J connectivity index is 1.34. The van der Waals surface area contributed by atoms with Gasteiger partial charge >= 0.3 is 5.97 Å². The Hall–Kier alpha value is -1.39. The van der Waals surface area contributed by atoms with E-state index < -0.39 is 0 Å². The largest absolute Gasteiger partial charge is 0.462 e. The monoisotopic (exact) mass is 482 g/mol. The second kappa shape index (κ2) is 11.8. The van der Waals surface area contributed by atoms with Crippen molar-refractivity contribution >= 4 is 5.97 Å². The molecule has 0 N–H and O–H groups in total. The molecule has 4 heteroatoms. The minimum atomic E-state index is -0.0290. The second-order valence-electron chi connectivity index (χ2n) is 12.8. The third kappa shape index (κ3) is 7.10.